The smallest absolute Gasteiger partial charge is 0.222 e. The number of carbonyl (C=O) groups is 1. The van der Waals surface area contributed by atoms with Crippen LogP contribution in [0.15, 0.2) is 85.2 Å². The van der Waals surface area contributed by atoms with Crippen LogP contribution < -0.4 is 0 Å². The quantitative estimate of drug-likeness (QED) is 0.464. The molecular formula is C28H32N2O. The first-order chi connectivity index (χ1) is 15.3. The van der Waals surface area contributed by atoms with Gasteiger partial charge in [0.1, 0.15) is 0 Å². The summed E-state index contributed by atoms with van der Waals surface area (Å²) in [5.74, 6) is 1.39. The van der Waals surface area contributed by atoms with Gasteiger partial charge < -0.3 is 4.90 Å². The van der Waals surface area contributed by atoms with Gasteiger partial charge in [0.15, 0.2) is 0 Å². The SMILES string of the molecule is O=C(CCCc1cccnc1)N1CCC(CC(c2ccccc2)c2ccccc2)CC1. The van der Waals surface area contributed by atoms with E-state index in [1.165, 1.54) is 16.7 Å². The first kappa shape index (κ1) is 21.3. The van der Waals surface area contributed by atoms with Gasteiger partial charge in [0.05, 0.1) is 0 Å². The van der Waals surface area contributed by atoms with Crippen molar-refractivity contribution in [2.45, 2.75) is 44.4 Å². The Morgan fingerprint density at radius 3 is 2.13 bits per heavy atom. The van der Waals surface area contributed by atoms with E-state index in [9.17, 15) is 4.79 Å². The molecule has 1 amide bonds. The molecule has 1 saturated heterocycles. The molecule has 1 aromatic heterocycles. The van der Waals surface area contributed by atoms with Crippen molar-refractivity contribution in [3.63, 3.8) is 0 Å². The minimum absolute atomic E-state index is 0.310. The number of carbonyl (C=O) groups excluding carboxylic acids is 1. The van der Waals surface area contributed by atoms with Gasteiger partial charge >= 0.3 is 0 Å². The number of aryl methyl sites for hydroxylation is 1. The third kappa shape index (κ3) is 6.04. The zero-order chi connectivity index (χ0) is 21.3. The molecule has 160 valence electrons. The first-order valence-corrected chi connectivity index (χ1v) is 11.6. The molecule has 2 aromatic carbocycles. The maximum atomic E-state index is 12.7. The van der Waals surface area contributed by atoms with Crippen molar-refractivity contribution in [1.82, 2.24) is 9.88 Å². The van der Waals surface area contributed by atoms with Gasteiger partial charge in [0.2, 0.25) is 5.91 Å². The molecule has 0 radical (unpaired) electrons. The van der Waals surface area contributed by atoms with Gasteiger partial charge in [-0.25, -0.2) is 0 Å². The van der Waals surface area contributed by atoms with Crippen molar-refractivity contribution < 1.29 is 4.79 Å². The fraction of sp³-hybridized carbons (Fsp3) is 0.357. The number of rotatable bonds is 8. The average Bonchev–Trinajstić information content (AvgIpc) is 2.84. The van der Waals surface area contributed by atoms with Crippen LogP contribution >= 0.6 is 0 Å². The molecule has 31 heavy (non-hydrogen) atoms. The summed E-state index contributed by atoms with van der Waals surface area (Å²) in [7, 11) is 0. The summed E-state index contributed by atoms with van der Waals surface area (Å²) in [6.07, 6.45) is 9.49. The monoisotopic (exact) mass is 412 g/mol. The highest BCUT2D eigenvalue weighted by molar-refractivity contribution is 5.76. The van der Waals surface area contributed by atoms with Crippen LogP contribution in [0, 0.1) is 5.92 Å². The Bertz CT molecular complexity index is 880. The molecule has 2 heterocycles. The summed E-state index contributed by atoms with van der Waals surface area (Å²) in [5, 5.41) is 0. The standard InChI is InChI=1S/C28H32N2O/c31-28(15-7-9-24-10-8-18-29-22-24)30-19-16-23(17-20-30)21-27(25-11-3-1-4-12-25)26-13-5-2-6-14-26/h1-6,8,10-14,18,22-23,27H,7,9,15-17,19-21H2. The number of aromatic nitrogens is 1. The van der Waals surface area contributed by atoms with E-state index in [0.717, 1.165) is 45.2 Å². The van der Waals surface area contributed by atoms with Gasteiger partial charge in [-0.3, -0.25) is 9.78 Å². The largest absolute Gasteiger partial charge is 0.343 e. The summed E-state index contributed by atoms with van der Waals surface area (Å²) >= 11 is 0. The van der Waals surface area contributed by atoms with Crippen LogP contribution in [0.3, 0.4) is 0 Å². The third-order valence-corrected chi connectivity index (χ3v) is 6.52. The Morgan fingerprint density at radius 2 is 1.55 bits per heavy atom. The summed E-state index contributed by atoms with van der Waals surface area (Å²) in [5.41, 5.74) is 3.99. The first-order valence-electron chi connectivity index (χ1n) is 11.6. The molecule has 0 atom stereocenters. The molecule has 3 aromatic rings. The Morgan fingerprint density at radius 1 is 0.903 bits per heavy atom. The average molecular weight is 413 g/mol. The van der Waals surface area contributed by atoms with E-state index in [4.69, 9.17) is 0 Å². The van der Waals surface area contributed by atoms with Crippen LogP contribution in [-0.4, -0.2) is 28.9 Å². The van der Waals surface area contributed by atoms with Crippen molar-refractivity contribution in [1.29, 1.82) is 0 Å². The van der Waals surface area contributed by atoms with Gasteiger partial charge in [-0.05, 0) is 60.8 Å². The highest BCUT2D eigenvalue weighted by atomic mass is 16.2. The van der Waals surface area contributed by atoms with Gasteiger partial charge in [-0.15, -0.1) is 0 Å². The van der Waals surface area contributed by atoms with Crippen LogP contribution in [0.2, 0.25) is 0 Å². The van der Waals surface area contributed by atoms with Crippen LogP contribution in [0.25, 0.3) is 0 Å². The molecule has 0 unspecified atom stereocenters. The Balaban J connectivity index is 1.29. The zero-order valence-corrected chi connectivity index (χ0v) is 18.2. The topological polar surface area (TPSA) is 33.2 Å². The van der Waals surface area contributed by atoms with Crippen LogP contribution in [-0.2, 0) is 11.2 Å². The van der Waals surface area contributed by atoms with Crippen LogP contribution in [0.1, 0.15) is 54.7 Å². The molecule has 1 fully saturated rings. The van der Waals surface area contributed by atoms with Crippen molar-refractivity contribution in [3.8, 4) is 0 Å². The van der Waals surface area contributed by atoms with E-state index in [0.29, 0.717) is 24.2 Å². The second kappa shape index (κ2) is 10.9. The lowest BCUT2D eigenvalue weighted by Gasteiger charge is -2.34. The molecule has 0 spiro atoms. The van der Waals surface area contributed by atoms with Crippen LogP contribution in [0.4, 0.5) is 0 Å². The van der Waals surface area contributed by atoms with Gasteiger partial charge in [-0.1, -0.05) is 66.7 Å². The highest BCUT2D eigenvalue weighted by Gasteiger charge is 2.26. The summed E-state index contributed by atoms with van der Waals surface area (Å²) in [4.78, 5) is 18.9. The summed E-state index contributed by atoms with van der Waals surface area (Å²) in [6, 6.07) is 25.8. The molecule has 4 rings (SSSR count). The number of pyridine rings is 1. The number of hydrogen-bond acceptors (Lipinski definition) is 2. The minimum Gasteiger partial charge on any atom is -0.343 e. The van der Waals surface area contributed by atoms with E-state index in [1.807, 2.05) is 12.3 Å². The predicted molar refractivity (Wildman–Crippen MR) is 126 cm³/mol. The lowest BCUT2D eigenvalue weighted by Crippen LogP contribution is -2.38. The third-order valence-electron chi connectivity index (χ3n) is 6.52. The molecular weight excluding hydrogens is 380 g/mol. The van der Waals surface area contributed by atoms with Crippen LogP contribution in [0.5, 0.6) is 0 Å². The highest BCUT2D eigenvalue weighted by Crippen LogP contribution is 2.34. The molecule has 3 nitrogen and oxygen atoms in total. The lowest BCUT2D eigenvalue weighted by molar-refractivity contribution is -0.132. The van der Waals surface area contributed by atoms with Crippen molar-refractivity contribution in [2.75, 3.05) is 13.1 Å². The van der Waals surface area contributed by atoms with Gasteiger partial charge in [0.25, 0.3) is 0 Å². The zero-order valence-electron chi connectivity index (χ0n) is 18.2. The molecule has 3 heteroatoms. The van der Waals surface area contributed by atoms with Gasteiger partial charge in [0, 0.05) is 37.8 Å². The maximum Gasteiger partial charge on any atom is 0.222 e. The van der Waals surface area contributed by atoms with Crippen molar-refractivity contribution in [2.24, 2.45) is 5.92 Å². The van der Waals surface area contributed by atoms with E-state index in [1.54, 1.807) is 6.20 Å². The molecule has 1 aliphatic rings. The van der Waals surface area contributed by atoms with E-state index >= 15 is 0 Å². The number of benzene rings is 2. The number of hydrogen-bond donors (Lipinski definition) is 0. The Labute approximate surface area is 186 Å². The fourth-order valence-electron chi connectivity index (χ4n) is 4.73. The second-order valence-corrected chi connectivity index (χ2v) is 8.65. The number of amides is 1. The summed E-state index contributed by atoms with van der Waals surface area (Å²) < 4.78 is 0. The number of likely N-dealkylation sites (tertiary alicyclic amines) is 1. The van der Waals surface area contributed by atoms with Crippen molar-refractivity contribution in [3.05, 3.63) is 102 Å². The van der Waals surface area contributed by atoms with Crippen molar-refractivity contribution >= 4 is 5.91 Å². The van der Waals surface area contributed by atoms with E-state index in [2.05, 4.69) is 76.6 Å². The predicted octanol–water partition coefficient (Wildman–Crippen LogP) is 5.87. The Kier molecular flexibility index (Phi) is 7.49. The van der Waals surface area contributed by atoms with Gasteiger partial charge in [-0.2, -0.15) is 0 Å². The molecule has 0 N–H and O–H groups in total. The van der Waals surface area contributed by atoms with E-state index < -0.39 is 0 Å². The number of nitrogens with zero attached hydrogens (tertiary/aromatic N) is 2. The lowest BCUT2D eigenvalue weighted by atomic mass is 9.80. The minimum atomic E-state index is 0.310. The second-order valence-electron chi connectivity index (χ2n) is 8.65. The molecule has 0 bridgehead atoms. The molecule has 0 saturated carbocycles. The molecule has 0 aliphatic carbocycles. The molecule has 1 aliphatic heterocycles. The normalized spacial score (nSPS) is 14.7. The maximum absolute atomic E-state index is 12.7. The van der Waals surface area contributed by atoms with E-state index in [-0.39, 0.29) is 0 Å². The summed E-state index contributed by atoms with van der Waals surface area (Å²) in [6.45, 7) is 1.79. The fourth-order valence-corrected chi connectivity index (χ4v) is 4.73. The Hall–Kier alpha value is -2.94. The number of piperidine rings is 1.